The van der Waals surface area contributed by atoms with E-state index in [-0.39, 0.29) is 17.8 Å². The number of nitro groups is 1. The predicted octanol–water partition coefficient (Wildman–Crippen LogP) is 3.67. The zero-order valence-electron chi connectivity index (χ0n) is 10.3. The molecule has 7 heteroatoms. The first-order chi connectivity index (χ1) is 9.36. The van der Waals surface area contributed by atoms with Crippen LogP contribution in [0.25, 0.3) is 0 Å². The van der Waals surface area contributed by atoms with Crippen molar-refractivity contribution in [3.63, 3.8) is 0 Å². The van der Waals surface area contributed by atoms with Crippen LogP contribution < -0.4 is 5.32 Å². The molecule has 0 aromatic heterocycles. The Morgan fingerprint density at radius 2 is 2.10 bits per heavy atom. The van der Waals surface area contributed by atoms with Gasteiger partial charge in [0.1, 0.15) is 23.2 Å². The molecule has 0 fully saturated rings. The van der Waals surface area contributed by atoms with Crippen LogP contribution in [0.4, 0.5) is 18.9 Å². The number of rotatable bonds is 6. The Morgan fingerprint density at radius 1 is 1.45 bits per heavy atom. The van der Waals surface area contributed by atoms with E-state index >= 15 is 0 Å². The van der Waals surface area contributed by atoms with E-state index in [0.717, 1.165) is 24.3 Å². The second-order valence-corrected chi connectivity index (χ2v) is 3.72. The van der Waals surface area contributed by atoms with Crippen molar-refractivity contribution in [3.8, 4) is 0 Å². The lowest BCUT2D eigenvalue weighted by Crippen LogP contribution is -2.15. The maximum absolute atomic E-state index is 13.3. The summed E-state index contributed by atoms with van der Waals surface area (Å²) in [6, 6.07) is 2.82. The van der Waals surface area contributed by atoms with Gasteiger partial charge in [-0.15, -0.1) is 0 Å². The minimum Gasteiger partial charge on any atom is -0.376 e. The number of hydrogen-bond acceptors (Lipinski definition) is 3. The van der Waals surface area contributed by atoms with Gasteiger partial charge in [0.25, 0.3) is 5.69 Å². The van der Waals surface area contributed by atoms with Crippen molar-refractivity contribution in [2.75, 3.05) is 0 Å². The molecule has 0 radical (unpaired) electrons. The smallest absolute Gasteiger partial charge is 0.274 e. The van der Waals surface area contributed by atoms with Gasteiger partial charge in [0.05, 0.1) is 10.5 Å². The van der Waals surface area contributed by atoms with Gasteiger partial charge >= 0.3 is 0 Å². The largest absolute Gasteiger partial charge is 0.376 e. The summed E-state index contributed by atoms with van der Waals surface area (Å²) in [5, 5.41) is 13.1. The second-order valence-electron chi connectivity index (χ2n) is 3.72. The molecule has 1 rings (SSSR count). The molecule has 0 aliphatic carbocycles. The van der Waals surface area contributed by atoms with E-state index in [1.165, 1.54) is 0 Å². The highest BCUT2D eigenvalue weighted by Gasteiger charge is 2.16. The number of allylic oxidation sites excluding steroid dienone is 3. The van der Waals surface area contributed by atoms with E-state index in [1.54, 1.807) is 0 Å². The molecule has 0 heterocycles. The molecule has 0 spiro atoms. The average Bonchev–Trinajstić information content (AvgIpc) is 2.37. The van der Waals surface area contributed by atoms with Crippen LogP contribution in [0.15, 0.2) is 54.8 Å². The predicted molar refractivity (Wildman–Crippen MR) is 68.5 cm³/mol. The fraction of sp³-hybridized carbons (Fsp3) is 0.0769. The molecule has 0 aliphatic rings. The lowest BCUT2D eigenvalue weighted by Gasteiger charge is -2.09. The highest BCUT2D eigenvalue weighted by atomic mass is 19.1. The third-order valence-corrected chi connectivity index (χ3v) is 2.38. The van der Waals surface area contributed by atoms with Crippen molar-refractivity contribution >= 4 is 5.69 Å². The van der Waals surface area contributed by atoms with Gasteiger partial charge in [0.15, 0.2) is 0 Å². The quantitative estimate of drug-likeness (QED) is 0.492. The molecule has 20 heavy (non-hydrogen) atoms. The molecule has 0 aliphatic heterocycles. The van der Waals surface area contributed by atoms with Gasteiger partial charge in [-0.3, -0.25) is 10.1 Å². The van der Waals surface area contributed by atoms with E-state index in [0.29, 0.717) is 0 Å². The molecule has 0 amide bonds. The van der Waals surface area contributed by atoms with Gasteiger partial charge in [-0.05, 0) is 18.2 Å². The number of nitrogens with one attached hydrogen (secondary N) is 1. The zero-order chi connectivity index (χ0) is 15.3. The van der Waals surface area contributed by atoms with Crippen molar-refractivity contribution in [1.29, 1.82) is 0 Å². The Balaban J connectivity index is 3.05. The van der Waals surface area contributed by atoms with E-state index in [1.807, 2.05) is 0 Å². The van der Waals surface area contributed by atoms with Crippen LogP contribution in [0.3, 0.4) is 0 Å². The fourth-order valence-corrected chi connectivity index (χ4v) is 1.47. The van der Waals surface area contributed by atoms with Crippen molar-refractivity contribution < 1.29 is 18.1 Å². The molecule has 0 atom stereocenters. The van der Waals surface area contributed by atoms with Crippen LogP contribution in [-0.2, 0) is 6.54 Å². The molecular formula is C13H11F3N2O2. The molecule has 1 aromatic rings. The van der Waals surface area contributed by atoms with E-state index in [2.05, 4.69) is 18.5 Å². The zero-order valence-corrected chi connectivity index (χ0v) is 10.3. The van der Waals surface area contributed by atoms with Crippen LogP contribution in [-0.4, -0.2) is 4.92 Å². The first kappa shape index (κ1) is 15.5. The number of nitro benzene ring substituents is 1. The summed E-state index contributed by atoms with van der Waals surface area (Å²) >= 11 is 0. The van der Waals surface area contributed by atoms with Gasteiger partial charge in [-0.1, -0.05) is 13.2 Å². The lowest BCUT2D eigenvalue weighted by molar-refractivity contribution is -0.385. The molecule has 0 bridgehead atoms. The van der Waals surface area contributed by atoms with Gasteiger partial charge in [-0.2, -0.15) is 0 Å². The normalized spacial score (nSPS) is 11.6. The van der Waals surface area contributed by atoms with E-state index < -0.39 is 28.1 Å². The summed E-state index contributed by atoms with van der Waals surface area (Å²) < 4.78 is 39.4. The molecule has 0 unspecified atom stereocenters. The van der Waals surface area contributed by atoms with Crippen LogP contribution in [0.2, 0.25) is 0 Å². The first-order valence-electron chi connectivity index (χ1n) is 5.40. The van der Waals surface area contributed by atoms with Gasteiger partial charge in [0, 0.05) is 12.6 Å². The Bertz CT molecular complexity index is 597. The van der Waals surface area contributed by atoms with Gasteiger partial charge in [0.2, 0.25) is 0 Å². The number of benzene rings is 1. The summed E-state index contributed by atoms with van der Waals surface area (Å²) in [6.45, 7) is 5.72. The van der Waals surface area contributed by atoms with Crippen molar-refractivity contribution in [1.82, 2.24) is 5.32 Å². The monoisotopic (exact) mass is 284 g/mol. The van der Waals surface area contributed by atoms with Gasteiger partial charge < -0.3 is 5.32 Å². The summed E-state index contributed by atoms with van der Waals surface area (Å²) in [7, 11) is 0. The summed E-state index contributed by atoms with van der Waals surface area (Å²) in [5.74, 6) is -2.79. The van der Waals surface area contributed by atoms with Crippen molar-refractivity contribution in [2.24, 2.45) is 0 Å². The van der Waals surface area contributed by atoms with Crippen LogP contribution in [0, 0.1) is 15.9 Å². The summed E-state index contributed by atoms with van der Waals surface area (Å²) in [5.41, 5.74) is -0.995. The van der Waals surface area contributed by atoms with Crippen molar-refractivity contribution in [3.05, 3.63) is 76.3 Å². The third-order valence-electron chi connectivity index (χ3n) is 2.38. The topological polar surface area (TPSA) is 55.2 Å². The first-order valence-corrected chi connectivity index (χ1v) is 5.40. The molecule has 1 aromatic carbocycles. The minimum atomic E-state index is -1.10. The van der Waals surface area contributed by atoms with E-state index in [9.17, 15) is 23.3 Å². The SMILES string of the molecule is C=C/C(F)=C(/NCc1cc(F)ccc1[N+](=O)[O-])C(=C)F. The molecule has 0 saturated carbocycles. The summed E-state index contributed by atoms with van der Waals surface area (Å²) in [6.07, 6.45) is 0.757. The third kappa shape index (κ3) is 3.71. The second kappa shape index (κ2) is 6.55. The fourth-order valence-electron chi connectivity index (χ4n) is 1.47. The maximum atomic E-state index is 13.3. The van der Waals surface area contributed by atoms with Crippen molar-refractivity contribution in [2.45, 2.75) is 6.54 Å². The Morgan fingerprint density at radius 3 is 2.60 bits per heavy atom. The molecule has 1 N–H and O–H groups in total. The number of halogens is 3. The highest BCUT2D eigenvalue weighted by Crippen LogP contribution is 2.21. The Hall–Kier alpha value is -2.57. The number of hydrogen-bond donors (Lipinski definition) is 1. The highest BCUT2D eigenvalue weighted by molar-refractivity contribution is 5.41. The van der Waals surface area contributed by atoms with Crippen LogP contribution >= 0.6 is 0 Å². The molecular weight excluding hydrogens is 273 g/mol. The van der Waals surface area contributed by atoms with Crippen LogP contribution in [0.1, 0.15) is 5.56 Å². The molecule has 0 saturated heterocycles. The lowest BCUT2D eigenvalue weighted by atomic mass is 10.1. The number of nitrogens with zero attached hydrogens (tertiary/aromatic N) is 1. The molecule has 106 valence electrons. The van der Waals surface area contributed by atoms with E-state index in [4.69, 9.17) is 0 Å². The minimum absolute atomic E-state index is 0.0504. The standard InChI is InChI=1S/C13H11F3N2O2/c1-3-11(16)13(8(2)14)17-7-9-6-10(15)4-5-12(9)18(19)20/h3-6,17H,1-2,7H2/b13-11-. The van der Waals surface area contributed by atoms with Gasteiger partial charge in [-0.25, -0.2) is 13.2 Å². The molecule has 4 nitrogen and oxygen atoms in total. The van der Waals surface area contributed by atoms with Crippen LogP contribution in [0.5, 0.6) is 0 Å². The Labute approximate surface area is 113 Å². The average molecular weight is 284 g/mol. The summed E-state index contributed by atoms with van der Waals surface area (Å²) in [4.78, 5) is 10.0. The Kier molecular flexibility index (Phi) is 5.08. The maximum Gasteiger partial charge on any atom is 0.274 e.